The van der Waals surface area contributed by atoms with Gasteiger partial charge >= 0.3 is 0 Å². The van der Waals surface area contributed by atoms with Gasteiger partial charge in [0.1, 0.15) is 5.75 Å². The zero-order valence-electron chi connectivity index (χ0n) is 17.1. The topological polar surface area (TPSA) is 46.1 Å². The first-order valence-corrected chi connectivity index (χ1v) is 10.5. The van der Waals surface area contributed by atoms with Gasteiger partial charge in [-0.1, -0.05) is 25.1 Å². The number of halogens is 1. The maximum Gasteiger partial charge on any atom is 0.194 e. The number of hydrogen-bond donors (Lipinski definition) is 1. The summed E-state index contributed by atoms with van der Waals surface area (Å²) in [6.45, 7) is 7.46. The van der Waals surface area contributed by atoms with Crippen molar-refractivity contribution in [3.8, 4) is 5.75 Å². The summed E-state index contributed by atoms with van der Waals surface area (Å²) < 4.78 is 11.7. The molecule has 5 rings (SSSR count). The van der Waals surface area contributed by atoms with Crippen LogP contribution in [0.3, 0.4) is 0 Å². The largest absolute Gasteiger partial charge is 0.496 e. The summed E-state index contributed by atoms with van der Waals surface area (Å²) in [4.78, 5) is 7.34. The second-order valence-electron chi connectivity index (χ2n) is 8.84. The fraction of sp³-hybridized carbons (Fsp3) is 0.682. The van der Waals surface area contributed by atoms with Gasteiger partial charge in [-0.2, -0.15) is 0 Å². The molecular formula is C22H32IN3O2. The molecule has 6 unspecified atom stereocenters. The van der Waals surface area contributed by atoms with Crippen molar-refractivity contribution >= 4 is 29.9 Å². The van der Waals surface area contributed by atoms with Crippen molar-refractivity contribution in [1.29, 1.82) is 0 Å². The number of methoxy groups -OCH3 is 1. The predicted molar refractivity (Wildman–Crippen MR) is 122 cm³/mol. The number of nitrogens with one attached hydrogen (secondary N) is 1. The average molecular weight is 497 g/mol. The Morgan fingerprint density at radius 1 is 1.25 bits per heavy atom. The molecule has 1 aromatic carbocycles. The van der Waals surface area contributed by atoms with E-state index in [-0.39, 0.29) is 29.4 Å². The Bertz CT molecular complexity index is 739. The highest BCUT2D eigenvalue weighted by Gasteiger charge is 2.56. The molecule has 1 aliphatic carbocycles. The van der Waals surface area contributed by atoms with E-state index < -0.39 is 0 Å². The molecule has 4 aliphatic rings. The zero-order valence-corrected chi connectivity index (χ0v) is 19.4. The summed E-state index contributed by atoms with van der Waals surface area (Å²) in [5.41, 5.74) is 1.41. The molecule has 28 heavy (non-hydrogen) atoms. The smallest absolute Gasteiger partial charge is 0.194 e. The Labute approximate surface area is 185 Å². The van der Waals surface area contributed by atoms with E-state index >= 15 is 0 Å². The van der Waals surface area contributed by atoms with Crippen molar-refractivity contribution in [3.63, 3.8) is 0 Å². The standard InChI is InChI=1S/C22H31N3O2.HI/c1-4-23-21(25-12-14-15(13-25)18-10-9-17(14)27-18)24-20-11-22(20,2)16-7-5-6-8-19(16)26-3;/h5-8,14-15,17-18,20H,4,9-13H2,1-3H3,(H,23,24);1H. The van der Waals surface area contributed by atoms with Gasteiger partial charge in [0.2, 0.25) is 0 Å². The lowest BCUT2D eigenvalue weighted by Gasteiger charge is -2.25. The highest BCUT2D eigenvalue weighted by Crippen LogP contribution is 2.51. The zero-order chi connectivity index (χ0) is 18.6. The van der Waals surface area contributed by atoms with Gasteiger partial charge in [-0.25, -0.2) is 0 Å². The van der Waals surface area contributed by atoms with Crippen LogP contribution in [0.1, 0.15) is 38.7 Å². The van der Waals surface area contributed by atoms with Gasteiger partial charge in [-0.05, 0) is 32.3 Å². The van der Waals surface area contributed by atoms with E-state index in [0.29, 0.717) is 30.1 Å². The van der Waals surface area contributed by atoms with Crippen LogP contribution in [0.5, 0.6) is 5.75 Å². The predicted octanol–water partition coefficient (Wildman–Crippen LogP) is 3.42. The lowest BCUT2D eigenvalue weighted by molar-refractivity contribution is 0.0767. The van der Waals surface area contributed by atoms with E-state index in [2.05, 4.69) is 42.3 Å². The van der Waals surface area contributed by atoms with Crippen LogP contribution < -0.4 is 10.1 Å². The molecule has 0 amide bonds. The van der Waals surface area contributed by atoms with E-state index in [1.807, 2.05) is 6.07 Å². The van der Waals surface area contributed by atoms with Crippen molar-refractivity contribution in [3.05, 3.63) is 29.8 Å². The third kappa shape index (κ3) is 3.20. The summed E-state index contributed by atoms with van der Waals surface area (Å²) in [6, 6.07) is 8.82. The third-order valence-corrected chi connectivity index (χ3v) is 7.32. The first-order valence-electron chi connectivity index (χ1n) is 10.5. The molecule has 3 aliphatic heterocycles. The molecular weight excluding hydrogens is 465 g/mol. The van der Waals surface area contributed by atoms with Crippen LogP contribution in [-0.4, -0.2) is 55.9 Å². The van der Waals surface area contributed by atoms with Crippen LogP contribution in [0, 0.1) is 11.8 Å². The highest BCUT2D eigenvalue weighted by atomic mass is 127. The van der Waals surface area contributed by atoms with Crippen LogP contribution in [-0.2, 0) is 10.2 Å². The van der Waals surface area contributed by atoms with Gasteiger partial charge in [0, 0.05) is 48.5 Å². The quantitative estimate of drug-likeness (QED) is 0.394. The molecule has 154 valence electrons. The van der Waals surface area contributed by atoms with E-state index in [9.17, 15) is 0 Å². The number of aliphatic imine (C=N–C) groups is 1. The Morgan fingerprint density at radius 3 is 2.57 bits per heavy atom. The van der Waals surface area contributed by atoms with Crippen LogP contribution in [0.15, 0.2) is 29.3 Å². The Morgan fingerprint density at radius 2 is 1.93 bits per heavy atom. The molecule has 1 N–H and O–H groups in total. The van der Waals surface area contributed by atoms with Crippen LogP contribution in [0.2, 0.25) is 0 Å². The maximum atomic E-state index is 6.14. The molecule has 1 aromatic rings. The molecule has 6 atom stereocenters. The lowest BCUT2D eigenvalue weighted by atomic mass is 9.82. The number of para-hydroxylation sites is 1. The number of likely N-dealkylation sites (tertiary alicyclic amines) is 1. The van der Waals surface area contributed by atoms with Crippen molar-refractivity contribution in [1.82, 2.24) is 10.2 Å². The van der Waals surface area contributed by atoms with Crippen LogP contribution in [0.4, 0.5) is 0 Å². The van der Waals surface area contributed by atoms with Crippen molar-refractivity contribution in [2.24, 2.45) is 16.8 Å². The van der Waals surface area contributed by atoms with Crippen molar-refractivity contribution < 1.29 is 9.47 Å². The van der Waals surface area contributed by atoms with Gasteiger partial charge in [0.25, 0.3) is 0 Å². The van der Waals surface area contributed by atoms with Crippen molar-refractivity contribution in [2.45, 2.75) is 56.8 Å². The molecule has 4 fully saturated rings. The van der Waals surface area contributed by atoms with Crippen LogP contribution >= 0.6 is 24.0 Å². The maximum absolute atomic E-state index is 6.14. The number of hydrogen-bond acceptors (Lipinski definition) is 3. The molecule has 2 bridgehead atoms. The Kier molecular flexibility index (Phi) is 5.55. The van der Waals surface area contributed by atoms with Gasteiger partial charge in [-0.3, -0.25) is 4.99 Å². The average Bonchev–Trinajstić information content (AvgIpc) is 3.12. The normalized spacial score (nSPS) is 38.2. The minimum Gasteiger partial charge on any atom is -0.496 e. The number of fused-ring (bicyclic) bond motifs is 5. The Balaban J connectivity index is 0.00000192. The molecule has 0 radical (unpaired) electrons. The lowest BCUT2D eigenvalue weighted by Crippen LogP contribution is -2.44. The fourth-order valence-electron chi connectivity index (χ4n) is 5.66. The van der Waals surface area contributed by atoms with Gasteiger partial charge in [0.05, 0.1) is 19.3 Å². The summed E-state index contributed by atoms with van der Waals surface area (Å²) in [6.07, 6.45) is 4.61. The minimum atomic E-state index is 0. The number of guanidine groups is 1. The summed E-state index contributed by atoms with van der Waals surface area (Å²) in [5.74, 6) is 3.48. The molecule has 1 saturated carbocycles. The number of rotatable bonds is 4. The number of benzene rings is 1. The highest BCUT2D eigenvalue weighted by molar-refractivity contribution is 14.0. The van der Waals surface area contributed by atoms with Crippen LogP contribution in [0.25, 0.3) is 0 Å². The van der Waals surface area contributed by atoms with E-state index in [1.165, 1.54) is 18.4 Å². The van der Waals surface area contributed by atoms with E-state index in [4.69, 9.17) is 14.5 Å². The monoisotopic (exact) mass is 497 g/mol. The summed E-state index contributed by atoms with van der Waals surface area (Å²) in [7, 11) is 1.76. The first-order chi connectivity index (χ1) is 13.1. The molecule has 5 nitrogen and oxygen atoms in total. The SMILES string of the molecule is CCN=C(NC1CC1(C)c1ccccc1OC)N1CC2C3CCC(O3)C2C1.I. The second-order valence-corrected chi connectivity index (χ2v) is 8.84. The molecule has 3 saturated heterocycles. The molecule has 6 heteroatoms. The van der Waals surface area contributed by atoms with E-state index in [1.54, 1.807) is 7.11 Å². The summed E-state index contributed by atoms with van der Waals surface area (Å²) >= 11 is 0. The first kappa shape index (κ1) is 20.3. The number of ether oxygens (including phenoxy) is 2. The summed E-state index contributed by atoms with van der Waals surface area (Å²) in [5, 5.41) is 3.79. The number of nitrogens with zero attached hydrogens (tertiary/aromatic N) is 2. The fourth-order valence-corrected chi connectivity index (χ4v) is 5.66. The van der Waals surface area contributed by atoms with Gasteiger partial charge in [0.15, 0.2) is 5.96 Å². The third-order valence-electron chi connectivity index (χ3n) is 7.32. The second kappa shape index (κ2) is 7.67. The molecule has 3 heterocycles. The van der Waals surface area contributed by atoms with Crippen molar-refractivity contribution in [2.75, 3.05) is 26.7 Å². The molecule has 0 aromatic heterocycles. The molecule has 0 spiro atoms. The minimum absolute atomic E-state index is 0. The Hall–Kier alpha value is -1.02. The van der Waals surface area contributed by atoms with E-state index in [0.717, 1.165) is 37.8 Å². The van der Waals surface area contributed by atoms with Gasteiger partial charge in [-0.15, -0.1) is 24.0 Å². The van der Waals surface area contributed by atoms with Gasteiger partial charge < -0.3 is 19.7 Å².